The standard InChI is InChI=1S/C13H18O6/c1-7-2-4-8(5-3-7)18-12-11(16)10(15)9(6-14)19-13(12)17/h2-5,9-17H,6H2,1H3/t9-,10-,11+,12-,13-/m1/s1. The van der Waals surface area contributed by atoms with Crippen LogP contribution in [0.2, 0.25) is 0 Å². The molecule has 1 aliphatic heterocycles. The number of aliphatic hydroxyl groups excluding tert-OH is 4. The van der Waals surface area contributed by atoms with E-state index in [1.54, 1.807) is 12.1 Å². The largest absolute Gasteiger partial charge is 0.482 e. The van der Waals surface area contributed by atoms with Crippen LogP contribution in [0, 0.1) is 6.92 Å². The number of ether oxygens (including phenoxy) is 2. The lowest BCUT2D eigenvalue weighted by Gasteiger charge is -2.39. The van der Waals surface area contributed by atoms with Gasteiger partial charge in [0.2, 0.25) is 0 Å². The third-order valence-corrected chi connectivity index (χ3v) is 3.14. The first-order valence-corrected chi connectivity index (χ1v) is 6.07. The number of benzene rings is 1. The third-order valence-electron chi connectivity index (χ3n) is 3.14. The zero-order valence-electron chi connectivity index (χ0n) is 10.5. The summed E-state index contributed by atoms with van der Waals surface area (Å²) in [7, 11) is 0. The molecule has 0 radical (unpaired) electrons. The van der Waals surface area contributed by atoms with Crippen LogP contribution in [0.1, 0.15) is 5.56 Å². The van der Waals surface area contributed by atoms with E-state index in [9.17, 15) is 15.3 Å². The molecule has 1 aromatic carbocycles. The van der Waals surface area contributed by atoms with Crippen LogP contribution in [0.25, 0.3) is 0 Å². The van der Waals surface area contributed by atoms with Crippen molar-refractivity contribution in [1.82, 2.24) is 0 Å². The van der Waals surface area contributed by atoms with E-state index in [0.717, 1.165) is 5.56 Å². The van der Waals surface area contributed by atoms with Gasteiger partial charge in [0.05, 0.1) is 6.61 Å². The second-order valence-electron chi connectivity index (χ2n) is 4.62. The molecule has 1 fully saturated rings. The summed E-state index contributed by atoms with van der Waals surface area (Å²) in [5.41, 5.74) is 1.05. The molecule has 0 aromatic heterocycles. The highest BCUT2D eigenvalue weighted by atomic mass is 16.7. The lowest BCUT2D eigenvalue weighted by Crippen LogP contribution is -2.60. The minimum absolute atomic E-state index is 0.451. The number of hydrogen-bond acceptors (Lipinski definition) is 6. The average molecular weight is 270 g/mol. The van der Waals surface area contributed by atoms with E-state index in [0.29, 0.717) is 5.75 Å². The molecule has 1 heterocycles. The van der Waals surface area contributed by atoms with Gasteiger partial charge in [-0.2, -0.15) is 0 Å². The van der Waals surface area contributed by atoms with Gasteiger partial charge in [-0.1, -0.05) is 17.7 Å². The van der Waals surface area contributed by atoms with Crippen molar-refractivity contribution in [1.29, 1.82) is 0 Å². The number of aryl methyl sites for hydroxylation is 1. The molecule has 1 aliphatic rings. The Morgan fingerprint density at radius 1 is 1.11 bits per heavy atom. The molecule has 1 aromatic rings. The summed E-state index contributed by atoms with van der Waals surface area (Å²) < 4.78 is 10.4. The smallest absolute Gasteiger partial charge is 0.195 e. The Balaban J connectivity index is 2.09. The predicted molar refractivity (Wildman–Crippen MR) is 65.6 cm³/mol. The molecule has 1 saturated heterocycles. The summed E-state index contributed by atoms with van der Waals surface area (Å²) >= 11 is 0. The lowest BCUT2D eigenvalue weighted by atomic mass is 9.99. The summed E-state index contributed by atoms with van der Waals surface area (Å²) in [6, 6.07) is 7.04. The van der Waals surface area contributed by atoms with Crippen LogP contribution in [0.5, 0.6) is 5.75 Å². The van der Waals surface area contributed by atoms with E-state index in [-0.39, 0.29) is 0 Å². The van der Waals surface area contributed by atoms with Crippen LogP contribution in [0.4, 0.5) is 0 Å². The first kappa shape index (κ1) is 14.2. The van der Waals surface area contributed by atoms with Crippen molar-refractivity contribution in [3.63, 3.8) is 0 Å². The molecule has 6 nitrogen and oxygen atoms in total. The maximum Gasteiger partial charge on any atom is 0.195 e. The average Bonchev–Trinajstić information content (AvgIpc) is 2.41. The number of aliphatic hydroxyl groups is 4. The van der Waals surface area contributed by atoms with Crippen LogP contribution in [0.3, 0.4) is 0 Å². The van der Waals surface area contributed by atoms with Gasteiger partial charge in [-0.3, -0.25) is 0 Å². The number of rotatable bonds is 3. The van der Waals surface area contributed by atoms with Gasteiger partial charge in [0, 0.05) is 0 Å². The second-order valence-corrected chi connectivity index (χ2v) is 4.62. The summed E-state index contributed by atoms with van der Waals surface area (Å²) in [5, 5.41) is 38.3. The first-order valence-electron chi connectivity index (χ1n) is 6.07. The van der Waals surface area contributed by atoms with Gasteiger partial charge in [0.15, 0.2) is 12.4 Å². The van der Waals surface area contributed by atoms with Gasteiger partial charge in [-0.25, -0.2) is 0 Å². The topological polar surface area (TPSA) is 99.4 Å². The third kappa shape index (κ3) is 3.05. The fourth-order valence-electron chi connectivity index (χ4n) is 1.97. The van der Waals surface area contributed by atoms with Crippen molar-refractivity contribution < 1.29 is 29.9 Å². The Bertz CT molecular complexity index is 406. The Morgan fingerprint density at radius 2 is 1.74 bits per heavy atom. The van der Waals surface area contributed by atoms with Crippen molar-refractivity contribution in [3.05, 3.63) is 29.8 Å². The van der Waals surface area contributed by atoms with Crippen LogP contribution < -0.4 is 4.74 Å². The minimum Gasteiger partial charge on any atom is -0.482 e. The van der Waals surface area contributed by atoms with Crippen molar-refractivity contribution in [3.8, 4) is 5.75 Å². The molecule has 0 saturated carbocycles. The quantitative estimate of drug-likeness (QED) is 0.572. The van der Waals surface area contributed by atoms with Gasteiger partial charge in [-0.15, -0.1) is 0 Å². The fraction of sp³-hybridized carbons (Fsp3) is 0.538. The Labute approximate surface area is 110 Å². The van der Waals surface area contributed by atoms with E-state index in [4.69, 9.17) is 14.6 Å². The maximum atomic E-state index is 9.90. The normalized spacial score (nSPS) is 35.1. The first-order chi connectivity index (χ1) is 9.02. The van der Waals surface area contributed by atoms with Crippen LogP contribution in [-0.4, -0.2) is 57.7 Å². The monoisotopic (exact) mass is 270 g/mol. The fourth-order valence-corrected chi connectivity index (χ4v) is 1.97. The minimum atomic E-state index is -1.42. The molecule has 6 heteroatoms. The zero-order chi connectivity index (χ0) is 14.0. The van der Waals surface area contributed by atoms with E-state index in [1.807, 2.05) is 19.1 Å². The second kappa shape index (κ2) is 5.85. The van der Waals surface area contributed by atoms with Gasteiger partial charge < -0.3 is 29.9 Å². The highest BCUT2D eigenvalue weighted by Gasteiger charge is 2.45. The molecule has 0 aliphatic carbocycles. The van der Waals surface area contributed by atoms with Crippen LogP contribution in [-0.2, 0) is 4.74 Å². The summed E-state index contributed by atoms with van der Waals surface area (Å²) in [5.74, 6) is 0.451. The van der Waals surface area contributed by atoms with E-state index < -0.39 is 37.3 Å². The molecule has 2 rings (SSSR count). The Kier molecular flexibility index (Phi) is 4.38. The Hall–Kier alpha value is -1.18. The van der Waals surface area contributed by atoms with Crippen molar-refractivity contribution in [2.24, 2.45) is 0 Å². The molecule has 0 spiro atoms. The van der Waals surface area contributed by atoms with Gasteiger partial charge in [0.1, 0.15) is 24.1 Å². The summed E-state index contributed by atoms with van der Waals surface area (Å²) in [6.07, 6.45) is -6.22. The van der Waals surface area contributed by atoms with Crippen molar-refractivity contribution in [2.75, 3.05) is 6.61 Å². The highest BCUT2D eigenvalue weighted by molar-refractivity contribution is 5.26. The maximum absolute atomic E-state index is 9.90. The number of hydrogen-bond donors (Lipinski definition) is 4. The molecule has 5 atom stereocenters. The Morgan fingerprint density at radius 3 is 2.32 bits per heavy atom. The highest BCUT2D eigenvalue weighted by Crippen LogP contribution is 2.24. The SMILES string of the molecule is Cc1ccc(O[C@@H]2[C@@H](O)[C@H](O)[C@@H](CO)O[C@H]2O)cc1. The van der Waals surface area contributed by atoms with E-state index in [1.165, 1.54) is 0 Å². The van der Waals surface area contributed by atoms with Gasteiger partial charge >= 0.3 is 0 Å². The summed E-state index contributed by atoms with van der Waals surface area (Å²) in [6.45, 7) is 1.43. The van der Waals surface area contributed by atoms with Crippen LogP contribution >= 0.6 is 0 Å². The van der Waals surface area contributed by atoms with Crippen molar-refractivity contribution in [2.45, 2.75) is 37.6 Å². The summed E-state index contributed by atoms with van der Waals surface area (Å²) in [4.78, 5) is 0. The molecule has 19 heavy (non-hydrogen) atoms. The molecular weight excluding hydrogens is 252 g/mol. The predicted octanol–water partition coefficient (Wildman–Crippen LogP) is -0.826. The zero-order valence-corrected chi connectivity index (χ0v) is 10.5. The van der Waals surface area contributed by atoms with Crippen molar-refractivity contribution >= 4 is 0 Å². The van der Waals surface area contributed by atoms with E-state index >= 15 is 0 Å². The van der Waals surface area contributed by atoms with Gasteiger partial charge in [-0.05, 0) is 19.1 Å². The molecule has 0 bridgehead atoms. The molecule has 4 N–H and O–H groups in total. The molecule has 0 unspecified atom stereocenters. The molecular formula is C13H18O6. The molecule has 106 valence electrons. The van der Waals surface area contributed by atoms with E-state index in [2.05, 4.69) is 0 Å². The lowest BCUT2D eigenvalue weighted by molar-refractivity contribution is -0.280. The van der Waals surface area contributed by atoms with Crippen LogP contribution in [0.15, 0.2) is 24.3 Å². The molecule has 0 amide bonds. The van der Waals surface area contributed by atoms with Gasteiger partial charge in [0.25, 0.3) is 0 Å².